The normalized spacial score (nSPS) is 13.4. The van der Waals surface area contributed by atoms with Crippen molar-refractivity contribution >= 4 is 21.6 Å². The second kappa shape index (κ2) is 11.2. The molecule has 0 spiro atoms. The number of hydrogen-bond donors (Lipinski definition) is 1. The van der Waals surface area contributed by atoms with Gasteiger partial charge in [-0.3, -0.25) is 9.10 Å². The Labute approximate surface area is 226 Å². The maximum absolute atomic E-state index is 13.9. The number of ether oxygens (including phenoxy) is 2. The minimum Gasteiger partial charge on any atom is -0.486 e. The monoisotopic (exact) mass is 546 g/mol. The van der Waals surface area contributed by atoms with Gasteiger partial charge in [0.05, 0.1) is 16.6 Å². The minimum atomic E-state index is -4.25. The number of aryl methyl sites for hydroxylation is 1. The molecular formula is C30H27FN2O5S. The molecule has 0 aromatic heterocycles. The van der Waals surface area contributed by atoms with Gasteiger partial charge in [-0.25, -0.2) is 12.8 Å². The first-order valence-corrected chi connectivity index (χ1v) is 13.8. The molecule has 1 N–H and O–H groups in total. The molecule has 0 fully saturated rings. The maximum Gasteiger partial charge on any atom is 0.264 e. The second-order valence-corrected chi connectivity index (χ2v) is 11.0. The SMILES string of the molecule is Cc1ccc([C@@H](NC(=O)CN(c2ccc(F)cc2)S(=O)(=O)c2ccc3c(c2)OCCO3)c2ccccc2)cc1. The van der Waals surface area contributed by atoms with Crippen LogP contribution in [0.15, 0.2) is 102 Å². The van der Waals surface area contributed by atoms with Gasteiger partial charge >= 0.3 is 0 Å². The Hall–Kier alpha value is -4.37. The summed E-state index contributed by atoms with van der Waals surface area (Å²) in [6.45, 7) is 2.10. The topological polar surface area (TPSA) is 84.9 Å². The number of carbonyl (C=O) groups is 1. The summed E-state index contributed by atoms with van der Waals surface area (Å²) >= 11 is 0. The number of nitrogens with zero attached hydrogens (tertiary/aromatic N) is 1. The summed E-state index contributed by atoms with van der Waals surface area (Å²) in [5.41, 5.74) is 2.92. The number of amides is 1. The zero-order valence-electron chi connectivity index (χ0n) is 21.2. The molecule has 1 aliphatic heterocycles. The number of anilines is 1. The van der Waals surface area contributed by atoms with E-state index < -0.39 is 34.3 Å². The quantitative estimate of drug-likeness (QED) is 0.336. The fourth-order valence-corrected chi connectivity index (χ4v) is 5.77. The van der Waals surface area contributed by atoms with Gasteiger partial charge in [0, 0.05) is 6.07 Å². The summed E-state index contributed by atoms with van der Waals surface area (Å²) in [5.74, 6) is -0.317. The average Bonchev–Trinajstić information content (AvgIpc) is 2.96. The molecule has 7 nitrogen and oxygen atoms in total. The van der Waals surface area contributed by atoms with Crippen LogP contribution in [0.5, 0.6) is 11.5 Å². The summed E-state index contributed by atoms with van der Waals surface area (Å²) in [4.78, 5) is 13.4. The van der Waals surface area contributed by atoms with Gasteiger partial charge in [0.1, 0.15) is 25.6 Å². The van der Waals surface area contributed by atoms with Gasteiger partial charge < -0.3 is 14.8 Å². The molecule has 39 heavy (non-hydrogen) atoms. The van der Waals surface area contributed by atoms with Crippen molar-refractivity contribution in [3.05, 3.63) is 120 Å². The highest BCUT2D eigenvalue weighted by atomic mass is 32.2. The molecule has 0 unspecified atom stereocenters. The van der Waals surface area contributed by atoms with E-state index in [0.29, 0.717) is 24.7 Å². The van der Waals surface area contributed by atoms with Crippen LogP contribution in [0.4, 0.5) is 10.1 Å². The molecule has 0 saturated heterocycles. The zero-order valence-corrected chi connectivity index (χ0v) is 22.0. The summed E-state index contributed by atoms with van der Waals surface area (Å²) in [6.07, 6.45) is 0. The van der Waals surface area contributed by atoms with Crippen LogP contribution >= 0.6 is 0 Å². The lowest BCUT2D eigenvalue weighted by molar-refractivity contribution is -0.120. The third-order valence-corrected chi connectivity index (χ3v) is 8.12. The van der Waals surface area contributed by atoms with Crippen molar-refractivity contribution in [2.24, 2.45) is 0 Å². The summed E-state index contributed by atoms with van der Waals surface area (Å²) < 4.78 is 53.5. The molecule has 0 radical (unpaired) electrons. The van der Waals surface area contributed by atoms with Crippen LogP contribution < -0.4 is 19.1 Å². The van der Waals surface area contributed by atoms with E-state index in [0.717, 1.165) is 33.1 Å². The number of sulfonamides is 1. The van der Waals surface area contributed by atoms with E-state index in [1.165, 1.54) is 30.3 Å². The first kappa shape index (κ1) is 26.2. The molecule has 4 aromatic rings. The number of hydrogen-bond acceptors (Lipinski definition) is 5. The van der Waals surface area contributed by atoms with E-state index in [1.54, 1.807) is 0 Å². The van der Waals surface area contributed by atoms with Crippen molar-refractivity contribution in [2.75, 3.05) is 24.1 Å². The van der Waals surface area contributed by atoms with Crippen LogP contribution in [0, 0.1) is 12.7 Å². The third kappa shape index (κ3) is 5.88. The van der Waals surface area contributed by atoms with Crippen molar-refractivity contribution in [1.82, 2.24) is 5.32 Å². The lowest BCUT2D eigenvalue weighted by Crippen LogP contribution is -2.42. The van der Waals surface area contributed by atoms with E-state index in [4.69, 9.17) is 9.47 Å². The van der Waals surface area contributed by atoms with Gasteiger partial charge in [0.25, 0.3) is 10.0 Å². The van der Waals surface area contributed by atoms with Crippen LogP contribution in [0.1, 0.15) is 22.7 Å². The average molecular weight is 547 g/mol. The molecular weight excluding hydrogens is 519 g/mol. The lowest BCUT2D eigenvalue weighted by Gasteiger charge is -2.27. The van der Waals surface area contributed by atoms with Crippen molar-refractivity contribution in [2.45, 2.75) is 17.9 Å². The van der Waals surface area contributed by atoms with Gasteiger partial charge in [-0.15, -0.1) is 0 Å². The van der Waals surface area contributed by atoms with Crippen molar-refractivity contribution in [3.8, 4) is 11.5 Å². The Bertz CT molecular complexity index is 1560. The second-order valence-electron chi connectivity index (χ2n) is 9.12. The number of nitrogens with one attached hydrogen (secondary N) is 1. The van der Waals surface area contributed by atoms with E-state index in [-0.39, 0.29) is 10.6 Å². The van der Waals surface area contributed by atoms with Gasteiger partial charge in [-0.2, -0.15) is 0 Å². The van der Waals surface area contributed by atoms with Crippen LogP contribution in [0.3, 0.4) is 0 Å². The minimum absolute atomic E-state index is 0.0815. The van der Waals surface area contributed by atoms with Gasteiger partial charge in [0.2, 0.25) is 5.91 Å². The molecule has 1 atom stereocenters. The highest BCUT2D eigenvalue weighted by Crippen LogP contribution is 2.34. The largest absolute Gasteiger partial charge is 0.486 e. The third-order valence-electron chi connectivity index (χ3n) is 6.35. The number of benzene rings is 4. The first-order valence-electron chi connectivity index (χ1n) is 12.4. The van der Waals surface area contributed by atoms with Crippen molar-refractivity contribution in [1.29, 1.82) is 0 Å². The molecule has 1 heterocycles. The van der Waals surface area contributed by atoms with Gasteiger partial charge in [0.15, 0.2) is 11.5 Å². The lowest BCUT2D eigenvalue weighted by atomic mass is 9.98. The molecule has 1 amide bonds. The first-order chi connectivity index (χ1) is 18.8. The molecule has 0 aliphatic carbocycles. The van der Waals surface area contributed by atoms with Crippen LogP contribution in [0.25, 0.3) is 0 Å². The maximum atomic E-state index is 13.9. The fraction of sp³-hybridized carbons (Fsp3) is 0.167. The summed E-state index contributed by atoms with van der Waals surface area (Å²) in [7, 11) is -4.25. The molecule has 1 aliphatic rings. The summed E-state index contributed by atoms with van der Waals surface area (Å²) in [6, 6.07) is 25.9. The fourth-order valence-electron chi connectivity index (χ4n) is 4.33. The number of carbonyl (C=O) groups excluding carboxylic acids is 1. The Balaban J connectivity index is 1.48. The molecule has 0 saturated carbocycles. The number of rotatable bonds is 8. The van der Waals surface area contributed by atoms with E-state index in [9.17, 15) is 17.6 Å². The van der Waals surface area contributed by atoms with Crippen LogP contribution in [-0.4, -0.2) is 34.1 Å². The summed E-state index contributed by atoms with van der Waals surface area (Å²) in [5, 5.41) is 2.99. The van der Waals surface area contributed by atoms with E-state index in [1.807, 2.05) is 61.5 Å². The molecule has 4 aromatic carbocycles. The highest BCUT2D eigenvalue weighted by Gasteiger charge is 2.30. The number of fused-ring (bicyclic) bond motifs is 1. The Morgan fingerprint density at radius 2 is 1.51 bits per heavy atom. The predicted molar refractivity (Wildman–Crippen MR) is 146 cm³/mol. The zero-order chi connectivity index (χ0) is 27.4. The Morgan fingerprint density at radius 1 is 0.872 bits per heavy atom. The van der Waals surface area contributed by atoms with Crippen molar-refractivity contribution < 1.29 is 27.1 Å². The number of halogens is 1. The molecule has 200 valence electrons. The van der Waals surface area contributed by atoms with Crippen LogP contribution in [0.2, 0.25) is 0 Å². The Morgan fingerprint density at radius 3 is 2.21 bits per heavy atom. The van der Waals surface area contributed by atoms with Crippen molar-refractivity contribution in [3.63, 3.8) is 0 Å². The Kier molecular flexibility index (Phi) is 7.51. The van der Waals surface area contributed by atoms with Gasteiger partial charge in [-0.1, -0.05) is 60.2 Å². The molecule has 0 bridgehead atoms. The van der Waals surface area contributed by atoms with Gasteiger partial charge in [-0.05, 0) is 54.4 Å². The highest BCUT2D eigenvalue weighted by molar-refractivity contribution is 7.92. The molecule has 9 heteroatoms. The molecule has 5 rings (SSSR count). The predicted octanol–water partition coefficient (Wildman–Crippen LogP) is 5.01. The smallest absolute Gasteiger partial charge is 0.264 e. The van der Waals surface area contributed by atoms with E-state index >= 15 is 0 Å². The van der Waals surface area contributed by atoms with Crippen LogP contribution in [-0.2, 0) is 14.8 Å². The standard InChI is InChI=1S/C30H27FN2O5S/c1-21-7-9-23(10-8-21)30(22-5-3-2-4-6-22)32-29(34)20-33(25-13-11-24(31)12-14-25)39(35,36)26-15-16-27-28(19-26)38-18-17-37-27/h2-16,19,30H,17-18,20H2,1H3,(H,32,34)/t30-/m0/s1. The van der Waals surface area contributed by atoms with E-state index in [2.05, 4.69) is 5.32 Å².